The number of hydrogen-bond donors (Lipinski definition) is 0. The molecule has 0 aliphatic carbocycles. The lowest BCUT2D eigenvalue weighted by Gasteiger charge is -2.29. The molecule has 0 N–H and O–H groups in total. The van der Waals surface area contributed by atoms with Crippen LogP contribution in [0.15, 0.2) is 70.4 Å². The quantitative estimate of drug-likeness (QED) is 0.118. The Morgan fingerprint density at radius 2 is 0.978 bits per heavy atom. The highest BCUT2D eigenvalue weighted by molar-refractivity contribution is 7.22. The molecule has 0 saturated heterocycles. The Hall–Kier alpha value is -2.78. The molecule has 242 valence electrons. The second-order valence-electron chi connectivity index (χ2n) is 12.4. The topological polar surface area (TPSA) is 40.6 Å². The lowest BCUT2D eigenvalue weighted by Crippen LogP contribution is -2.34. The van der Waals surface area contributed by atoms with E-state index in [1.165, 1.54) is 19.5 Å². The van der Waals surface area contributed by atoms with Crippen LogP contribution in [0, 0.1) is 11.8 Å². The number of fused-ring (bicyclic) bond motifs is 1. The van der Waals surface area contributed by atoms with Crippen LogP contribution in [0.5, 0.6) is 0 Å². The maximum Gasteiger partial charge on any atom is 0.261 e. The minimum Gasteiger partial charge on any atom is -0.306 e. The highest BCUT2D eigenvalue weighted by atomic mass is 32.1. The number of hydrogen-bond acceptors (Lipinski definition) is 6. The fourth-order valence-electron chi connectivity index (χ4n) is 6.64. The molecule has 2 unspecified atom stereocenters. The molecule has 6 rings (SSSR count). The van der Waals surface area contributed by atoms with Gasteiger partial charge in [0.2, 0.25) is 0 Å². The molecule has 4 nitrogen and oxygen atoms in total. The molecule has 8 heteroatoms. The highest BCUT2D eigenvalue weighted by Crippen LogP contribution is 2.51. The molecule has 0 fully saturated rings. The van der Waals surface area contributed by atoms with E-state index < -0.39 is 0 Å². The molecule has 2 aliphatic heterocycles. The maximum atomic E-state index is 14.8. The molecule has 6 heterocycles. The minimum atomic E-state index is -0.00967. The van der Waals surface area contributed by atoms with Crippen molar-refractivity contribution in [2.24, 2.45) is 11.8 Å². The molecule has 4 aromatic rings. The van der Waals surface area contributed by atoms with Gasteiger partial charge >= 0.3 is 0 Å². The summed E-state index contributed by atoms with van der Waals surface area (Å²) in [6.45, 7) is 10.2. The van der Waals surface area contributed by atoms with E-state index in [-0.39, 0.29) is 11.8 Å². The van der Waals surface area contributed by atoms with Crippen molar-refractivity contribution in [2.45, 2.75) is 79.1 Å². The third-order valence-electron chi connectivity index (χ3n) is 9.36. The largest absolute Gasteiger partial charge is 0.306 e. The molecule has 2 atom stereocenters. The van der Waals surface area contributed by atoms with E-state index in [0.29, 0.717) is 36.1 Å². The first-order valence-electron chi connectivity index (χ1n) is 16.9. The van der Waals surface area contributed by atoms with Crippen LogP contribution in [0.2, 0.25) is 0 Å². The van der Waals surface area contributed by atoms with Crippen LogP contribution < -0.4 is 0 Å². The van der Waals surface area contributed by atoms with Crippen molar-refractivity contribution in [1.82, 2.24) is 9.80 Å². The molecule has 0 saturated carbocycles. The zero-order valence-electron chi connectivity index (χ0n) is 27.3. The predicted octanol–water partition coefficient (Wildman–Crippen LogP) is 11.5. The van der Waals surface area contributed by atoms with Gasteiger partial charge < -0.3 is 9.80 Å². The third-order valence-corrected chi connectivity index (χ3v) is 13.7. The van der Waals surface area contributed by atoms with Gasteiger partial charge in [0.15, 0.2) is 0 Å². The Morgan fingerprint density at radius 3 is 1.33 bits per heavy atom. The van der Waals surface area contributed by atoms with E-state index in [1.54, 1.807) is 45.3 Å². The van der Waals surface area contributed by atoms with E-state index in [2.05, 4.69) is 87.0 Å². The zero-order chi connectivity index (χ0) is 32.2. The Morgan fingerprint density at radius 1 is 0.565 bits per heavy atom. The van der Waals surface area contributed by atoms with Gasteiger partial charge in [-0.3, -0.25) is 9.59 Å². The van der Waals surface area contributed by atoms with Gasteiger partial charge in [0, 0.05) is 32.6 Å². The first-order chi connectivity index (χ1) is 22.5. The van der Waals surface area contributed by atoms with E-state index >= 15 is 0 Å². The molecule has 4 aromatic heterocycles. The fraction of sp³-hybridized carbons (Fsp3) is 0.421. The summed E-state index contributed by atoms with van der Waals surface area (Å²) in [5.74, 6) is 0.751. The molecular formula is C38H44N2O2S4. The minimum absolute atomic E-state index is 0.00967. The van der Waals surface area contributed by atoms with Gasteiger partial charge in [-0.25, -0.2) is 0 Å². The molecule has 0 bridgehead atoms. The summed E-state index contributed by atoms with van der Waals surface area (Å²) in [4.78, 5) is 40.4. The summed E-state index contributed by atoms with van der Waals surface area (Å²) < 4.78 is 0. The number of carbonyl (C=O) groups is 2. The Bertz CT molecular complexity index is 1580. The van der Waals surface area contributed by atoms with Crippen molar-refractivity contribution in [3.05, 3.63) is 80.2 Å². The Kier molecular flexibility index (Phi) is 10.8. The Labute approximate surface area is 290 Å². The number of unbranched alkanes of at least 4 members (excludes halogenated alkanes) is 2. The van der Waals surface area contributed by atoms with Crippen molar-refractivity contribution >= 4 is 68.6 Å². The van der Waals surface area contributed by atoms with Crippen LogP contribution >= 0.6 is 45.3 Å². The van der Waals surface area contributed by atoms with Crippen molar-refractivity contribution in [3.8, 4) is 19.5 Å². The van der Waals surface area contributed by atoms with Gasteiger partial charge in [-0.15, -0.1) is 45.3 Å². The summed E-state index contributed by atoms with van der Waals surface area (Å²) in [6, 6.07) is 17.0. The Balaban J connectivity index is 1.51. The first kappa shape index (κ1) is 33.1. The molecule has 0 aromatic carbocycles. The zero-order valence-corrected chi connectivity index (χ0v) is 30.6. The van der Waals surface area contributed by atoms with E-state index in [4.69, 9.17) is 0 Å². The van der Waals surface area contributed by atoms with Crippen LogP contribution in [0.3, 0.4) is 0 Å². The van der Waals surface area contributed by atoms with Gasteiger partial charge in [-0.05, 0) is 71.8 Å². The molecule has 2 amide bonds. The third kappa shape index (κ3) is 6.51. The monoisotopic (exact) mass is 688 g/mol. The average Bonchev–Trinajstić information content (AvgIpc) is 3.91. The van der Waals surface area contributed by atoms with Crippen molar-refractivity contribution in [3.63, 3.8) is 0 Å². The van der Waals surface area contributed by atoms with Crippen molar-refractivity contribution in [1.29, 1.82) is 0 Å². The standard InChI is InChI=1S/C38H44N2O2S4/c1-5-9-13-25(7-3)23-39-35(31-19-17-29(45-31)27-15-11-21-43-27)33-34(37(39)41)36(32-20-18-30(46-32)28-16-12-22-44-28)40(38(33)42)24-26(8-4)14-10-6-2/h11-12,15-22,25-26H,5-10,13-14,23-24H2,1-4H3. The van der Waals surface area contributed by atoms with Crippen molar-refractivity contribution in [2.75, 3.05) is 13.1 Å². The van der Waals surface area contributed by atoms with Gasteiger partial charge in [-0.2, -0.15) is 0 Å². The number of thiophene rings is 4. The molecule has 0 spiro atoms. The normalized spacial score (nSPS) is 16.3. The molecule has 0 radical (unpaired) electrons. The highest BCUT2D eigenvalue weighted by Gasteiger charge is 2.50. The van der Waals surface area contributed by atoms with Crippen LogP contribution in [-0.2, 0) is 9.59 Å². The summed E-state index contributed by atoms with van der Waals surface area (Å²) in [6.07, 6.45) is 8.75. The van der Waals surface area contributed by atoms with E-state index in [9.17, 15) is 9.59 Å². The van der Waals surface area contributed by atoms with Crippen LogP contribution in [0.1, 0.15) is 88.8 Å². The lowest BCUT2D eigenvalue weighted by molar-refractivity contribution is -0.124. The predicted molar refractivity (Wildman–Crippen MR) is 199 cm³/mol. The molecule has 46 heavy (non-hydrogen) atoms. The lowest BCUT2D eigenvalue weighted by atomic mass is 9.98. The summed E-state index contributed by atoms with van der Waals surface area (Å²) in [7, 11) is 0. The molecular weight excluding hydrogens is 645 g/mol. The van der Waals surface area contributed by atoms with E-state index in [0.717, 1.165) is 72.5 Å². The number of nitrogens with zero attached hydrogens (tertiary/aromatic N) is 2. The number of rotatable bonds is 16. The summed E-state index contributed by atoms with van der Waals surface area (Å²) in [5.41, 5.74) is 2.87. The van der Waals surface area contributed by atoms with Gasteiger partial charge in [-0.1, -0.05) is 78.4 Å². The van der Waals surface area contributed by atoms with Crippen molar-refractivity contribution < 1.29 is 9.59 Å². The molecule has 2 aliphatic rings. The maximum absolute atomic E-state index is 14.8. The smallest absolute Gasteiger partial charge is 0.261 e. The van der Waals surface area contributed by atoms with E-state index in [1.807, 2.05) is 9.80 Å². The second-order valence-corrected chi connectivity index (χ2v) is 16.5. The van der Waals surface area contributed by atoms with Gasteiger partial charge in [0.1, 0.15) is 0 Å². The summed E-state index contributed by atoms with van der Waals surface area (Å²) >= 11 is 6.84. The van der Waals surface area contributed by atoms with Crippen LogP contribution in [0.4, 0.5) is 0 Å². The second kappa shape index (κ2) is 15.0. The van der Waals surface area contributed by atoms with Crippen LogP contribution in [-0.4, -0.2) is 34.7 Å². The number of amides is 2. The first-order valence-corrected chi connectivity index (χ1v) is 20.3. The average molecular weight is 689 g/mol. The fourth-order valence-corrected chi connectivity index (χ4v) is 10.4. The summed E-state index contributed by atoms with van der Waals surface area (Å²) in [5, 5.41) is 4.20. The van der Waals surface area contributed by atoms with Crippen LogP contribution in [0.25, 0.3) is 30.9 Å². The number of carbonyl (C=O) groups excluding carboxylic acids is 2. The SMILES string of the molecule is CCCCC(CC)CN1C(=O)C2=C(c3ccc(-c4cccs4)s3)N(CC(CC)CCCC)C(=O)C2=C1c1ccc(-c2cccs2)s1. The van der Waals surface area contributed by atoms with Gasteiger partial charge in [0.25, 0.3) is 11.8 Å². The van der Waals surface area contributed by atoms with Gasteiger partial charge in [0.05, 0.1) is 32.3 Å².